The smallest absolute Gasteiger partial charge is 0.220 e. The second-order valence-corrected chi connectivity index (χ2v) is 16.1. The van der Waals surface area contributed by atoms with Crippen LogP contribution >= 0.6 is 0 Å². The summed E-state index contributed by atoms with van der Waals surface area (Å²) in [6, 6.07) is 8.24. The van der Waals surface area contributed by atoms with Crippen LogP contribution in [0.5, 0.6) is 0 Å². The maximum absolute atomic E-state index is 12.4. The molecule has 0 spiro atoms. The monoisotopic (exact) mass is 575 g/mol. The molecule has 1 heterocycles. The molecule has 6 heteroatoms. The number of hydrogen-bond acceptors (Lipinski definition) is 5. The van der Waals surface area contributed by atoms with Crippen molar-refractivity contribution < 1.29 is 15.0 Å². The molecule has 0 saturated heterocycles. The van der Waals surface area contributed by atoms with E-state index in [1.165, 1.54) is 0 Å². The predicted molar refractivity (Wildman–Crippen MR) is 167 cm³/mol. The van der Waals surface area contributed by atoms with E-state index in [-0.39, 0.29) is 39.4 Å². The minimum Gasteiger partial charge on any atom is -0.393 e. The summed E-state index contributed by atoms with van der Waals surface area (Å²) >= 11 is 0. The number of fused-ring (bicyclic) bond motifs is 7. The van der Waals surface area contributed by atoms with Crippen molar-refractivity contribution in [2.75, 3.05) is 6.54 Å². The summed E-state index contributed by atoms with van der Waals surface area (Å²) in [5.41, 5.74) is 3.10. The third-order valence-electron chi connectivity index (χ3n) is 13.6. The quantitative estimate of drug-likeness (QED) is 0.373. The highest BCUT2D eigenvalue weighted by atomic mass is 16.3. The van der Waals surface area contributed by atoms with Crippen LogP contribution in [0.3, 0.4) is 0 Å². The molecule has 42 heavy (non-hydrogen) atoms. The van der Waals surface area contributed by atoms with Gasteiger partial charge in [-0.3, -0.25) is 4.79 Å². The number of benzene rings is 1. The fourth-order valence-electron chi connectivity index (χ4n) is 11.4. The number of carbonyl (C=O) groups excluding carboxylic acids is 1. The molecule has 0 bridgehead atoms. The van der Waals surface area contributed by atoms with Crippen LogP contribution in [0.4, 0.5) is 0 Å². The maximum atomic E-state index is 12.4. The Morgan fingerprint density at radius 2 is 1.69 bits per heavy atom. The van der Waals surface area contributed by atoms with Gasteiger partial charge in [0.1, 0.15) is 0 Å². The molecule has 1 aromatic heterocycles. The minimum absolute atomic E-state index is 0.00638. The first kappa shape index (κ1) is 30.0. The van der Waals surface area contributed by atoms with Crippen LogP contribution < -0.4 is 5.32 Å². The number of rotatable bonds is 6. The molecule has 4 aliphatic rings. The van der Waals surface area contributed by atoms with E-state index in [0.717, 1.165) is 67.4 Å². The van der Waals surface area contributed by atoms with Gasteiger partial charge in [0, 0.05) is 18.4 Å². The Bertz CT molecular complexity index is 1370. The van der Waals surface area contributed by atoms with E-state index in [4.69, 9.17) is 9.97 Å². The third kappa shape index (κ3) is 4.21. The molecule has 1 amide bonds. The summed E-state index contributed by atoms with van der Waals surface area (Å²) in [4.78, 5) is 22.8. The second kappa shape index (κ2) is 9.99. The zero-order valence-electron chi connectivity index (χ0n) is 27.0. The van der Waals surface area contributed by atoms with Crippen molar-refractivity contribution in [1.29, 1.82) is 0 Å². The van der Waals surface area contributed by atoms with E-state index in [0.29, 0.717) is 31.2 Å². The third-order valence-corrected chi connectivity index (χ3v) is 13.6. The van der Waals surface area contributed by atoms with Crippen LogP contribution in [0, 0.1) is 39.9 Å². The van der Waals surface area contributed by atoms with Gasteiger partial charge in [-0.15, -0.1) is 0 Å². The molecule has 0 unspecified atom stereocenters. The summed E-state index contributed by atoms with van der Waals surface area (Å²) in [5, 5.41) is 26.9. The van der Waals surface area contributed by atoms with Crippen LogP contribution in [0.15, 0.2) is 24.3 Å². The highest BCUT2D eigenvalue weighted by molar-refractivity contribution is 5.76. The van der Waals surface area contributed by atoms with Crippen molar-refractivity contribution in [3.05, 3.63) is 35.7 Å². The number of hydrogen-bond donors (Lipinski definition) is 3. The van der Waals surface area contributed by atoms with Crippen LogP contribution in [-0.4, -0.2) is 44.3 Å². The molecular weight excluding hydrogens is 522 g/mol. The van der Waals surface area contributed by atoms with E-state index in [9.17, 15) is 15.0 Å². The van der Waals surface area contributed by atoms with Crippen molar-refractivity contribution >= 4 is 16.9 Å². The number of aliphatic hydroxyl groups excluding tert-OH is 1. The molecule has 0 radical (unpaired) electrons. The Hall–Kier alpha value is -2.05. The zero-order valence-corrected chi connectivity index (χ0v) is 27.0. The van der Waals surface area contributed by atoms with Crippen molar-refractivity contribution in [2.45, 2.75) is 123 Å². The number of carbonyl (C=O) groups is 1. The van der Waals surface area contributed by atoms with Crippen molar-refractivity contribution in [2.24, 2.45) is 39.9 Å². The number of nitrogens with zero attached hydrogens (tertiary/aromatic N) is 2. The van der Waals surface area contributed by atoms with Crippen LogP contribution in [0.25, 0.3) is 11.0 Å². The molecular formula is C36H53N3O3. The molecule has 3 fully saturated rings. The first-order chi connectivity index (χ1) is 19.7. The number of aliphatic hydroxyl groups is 2. The lowest BCUT2D eigenvalue weighted by molar-refractivity contribution is -0.224. The first-order valence-corrected chi connectivity index (χ1v) is 16.6. The van der Waals surface area contributed by atoms with Crippen molar-refractivity contribution in [1.82, 2.24) is 15.3 Å². The van der Waals surface area contributed by atoms with Gasteiger partial charge in [0.2, 0.25) is 5.91 Å². The lowest BCUT2D eigenvalue weighted by Crippen LogP contribution is -2.66. The average Bonchev–Trinajstić information content (AvgIpc) is 3.32. The van der Waals surface area contributed by atoms with Crippen LogP contribution in [0.1, 0.15) is 111 Å². The van der Waals surface area contributed by atoms with E-state index in [1.807, 2.05) is 26.0 Å². The Morgan fingerprint density at radius 1 is 1.02 bits per heavy atom. The lowest BCUT2D eigenvalue weighted by atomic mass is 9.35. The van der Waals surface area contributed by atoms with Gasteiger partial charge in [-0.1, -0.05) is 53.7 Å². The lowest BCUT2D eigenvalue weighted by Gasteiger charge is -2.69. The molecule has 230 valence electrons. The topological polar surface area (TPSA) is 95.3 Å². The molecule has 6 rings (SSSR count). The summed E-state index contributed by atoms with van der Waals surface area (Å²) < 4.78 is 0. The fraction of sp³-hybridized carbons (Fsp3) is 0.750. The Kier molecular flexibility index (Phi) is 7.13. The Balaban J connectivity index is 1.33. The summed E-state index contributed by atoms with van der Waals surface area (Å²) in [6.07, 6.45) is 7.04. The second-order valence-electron chi connectivity index (χ2n) is 16.1. The zero-order chi connectivity index (χ0) is 30.3. The SMILES string of the molecule is CCCNC(=O)CC[C@](C)(O)[C@H]1CC[C@]2(C)[C@@H]1[C@H](O)C[C@@H]1[C@@]3(C)Cc4nc5ccccc5nc4C(C)(C)[C@@H]3CC[C@]12C. The molecule has 6 nitrogen and oxygen atoms in total. The van der Waals surface area contributed by atoms with Crippen LogP contribution in [0.2, 0.25) is 0 Å². The van der Waals surface area contributed by atoms with Gasteiger partial charge in [0.05, 0.1) is 34.1 Å². The Labute approximate surface area is 252 Å². The van der Waals surface area contributed by atoms with E-state index >= 15 is 0 Å². The number of nitrogens with one attached hydrogen (secondary N) is 1. The van der Waals surface area contributed by atoms with Gasteiger partial charge in [0.15, 0.2) is 0 Å². The van der Waals surface area contributed by atoms with E-state index in [2.05, 4.69) is 52.1 Å². The fourth-order valence-corrected chi connectivity index (χ4v) is 11.4. The number of aromatic nitrogens is 2. The van der Waals surface area contributed by atoms with E-state index < -0.39 is 11.7 Å². The molecule has 3 N–H and O–H groups in total. The first-order valence-electron chi connectivity index (χ1n) is 16.6. The number of amides is 1. The van der Waals surface area contributed by atoms with Crippen molar-refractivity contribution in [3.63, 3.8) is 0 Å². The standard InChI is InChI=1S/C36H53N3O3/c1-8-19-37-29(41)15-18-36(7,42)22-13-16-35(6)30(22)26(40)20-28-33(4)21-25-31(39-24-12-10-9-11-23(24)38-25)32(2,3)27(33)14-17-34(28,35)5/h9-12,22,26-28,30,40,42H,8,13-21H2,1-7H3,(H,37,41)/t22-,26+,27-,28+,30-,33-,34+,35+,36-/m0/s1. The summed E-state index contributed by atoms with van der Waals surface area (Å²) in [7, 11) is 0. The maximum Gasteiger partial charge on any atom is 0.220 e. The summed E-state index contributed by atoms with van der Waals surface area (Å²) in [6.45, 7) is 16.8. The molecule has 0 aliphatic heterocycles. The average molecular weight is 576 g/mol. The Morgan fingerprint density at radius 3 is 2.38 bits per heavy atom. The largest absolute Gasteiger partial charge is 0.393 e. The van der Waals surface area contributed by atoms with E-state index in [1.54, 1.807) is 0 Å². The summed E-state index contributed by atoms with van der Waals surface area (Å²) in [5.74, 6) is 0.835. The van der Waals surface area contributed by atoms with Gasteiger partial charge >= 0.3 is 0 Å². The normalized spacial score (nSPS) is 39.9. The van der Waals surface area contributed by atoms with Gasteiger partial charge < -0.3 is 15.5 Å². The molecule has 1 aromatic carbocycles. The van der Waals surface area contributed by atoms with Crippen molar-refractivity contribution in [3.8, 4) is 0 Å². The highest BCUT2D eigenvalue weighted by Crippen LogP contribution is 2.75. The highest BCUT2D eigenvalue weighted by Gasteiger charge is 2.71. The molecule has 3 saturated carbocycles. The van der Waals surface area contributed by atoms with Gasteiger partial charge in [-0.25, -0.2) is 9.97 Å². The molecule has 9 atom stereocenters. The number of para-hydroxylation sites is 2. The van der Waals surface area contributed by atoms with Gasteiger partial charge in [-0.05, 0) is 110 Å². The molecule has 4 aliphatic carbocycles. The predicted octanol–water partition coefficient (Wildman–Crippen LogP) is 6.36. The van der Waals surface area contributed by atoms with Gasteiger partial charge in [-0.2, -0.15) is 0 Å². The van der Waals surface area contributed by atoms with Gasteiger partial charge in [0.25, 0.3) is 0 Å². The van der Waals surface area contributed by atoms with Crippen LogP contribution in [-0.2, 0) is 16.6 Å². The minimum atomic E-state index is -0.986. The molecule has 2 aromatic rings.